The van der Waals surface area contributed by atoms with Gasteiger partial charge in [0.15, 0.2) is 6.04 Å². The van der Waals surface area contributed by atoms with Crippen molar-refractivity contribution >= 4 is 23.7 Å². The summed E-state index contributed by atoms with van der Waals surface area (Å²) in [5, 5.41) is 9.61. The molecule has 3 atom stereocenters. The summed E-state index contributed by atoms with van der Waals surface area (Å²) in [5.41, 5.74) is 7.24. The number of anilines is 1. The van der Waals surface area contributed by atoms with Gasteiger partial charge in [-0.15, -0.1) is 0 Å². The van der Waals surface area contributed by atoms with Gasteiger partial charge in [-0.2, -0.15) is 0 Å². The minimum atomic E-state index is -1.21. The minimum absolute atomic E-state index is 0.185. The molecule has 3 N–H and O–H groups in total. The third kappa shape index (κ3) is 3.53. The Balaban J connectivity index is 1.77. The first-order valence-corrected chi connectivity index (χ1v) is 8.89. The van der Waals surface area contributed by atoms with Crippen LogP contribution in [0, 0.1) is 5.92 Å². The molecular formula is C20H22N4O4. The Morgan fingerprint density at radius 2 is 1.96 bits per heavy atom. The van der Waals surface area contributed by atoms with E-state index in [1.165, 1.54) is 11.1 Å². The van der Waals surface area contributed by atoms with Gasteiger partial charge in [-0.3, -0.25) is 4.79 Å². The van der Waals surface area contributed by atoms with E-state index in [1.807, 2.05) is 37.3 Å². The molecule has 28 heavy (non-hydrogen) atoms. The molecule has 1 aromatic carbocycles. The van der Waals surface area contributed by atoms with E-state index in [0.29, 0.717) is 11.4 Å². The van der Waals surface area contributed by atoms with Crippen LogP contribution in [-0.4, -0.2) is 50.9 Å². The molecule has 0 spiro atoms. The van der Waals surface area contributed by atoms with Gasteiger partial charge in [0.05, 0.1) is 12.0 Å². The lowest BCUT2D eigenvalue weighted by Crippen LogP contribution is -2.68. The van der Waals surface area contributed by atoms with Gasteiger partial charge in [-0.25, -0.2) is 19.5 Å². The number of hydrogen-bond donors (Lipinski definition) is 2. The van der Waals surface area contributed by atoms with Gasteiger partial charge >= 0.3 is 12.0 Å². The van der Waals surface area contributed by atoms with E-state index < -0.39 is 29.9 Å². The molecule has 1 aliphatic heterocycles. The summed E-state index contributed by atoms with van der Waals surface area (Å²) in [5.74, 6) is -2.23. The van der Waals surface area contributed by atoms with E-state index in [1.54, 1.807) is 19.2 Å². The molecule has 0 aliphatic carbocycles. The zero-order chi connectivity index (χ0) is 20.4. The van der Waals surface area contributed by atoms with E-state index in [0.717, 1.165) is 10.5 Å². The number of rotatable bonds is 5. The molecule has 3 unspecified atom stereocenters. The van der Waals surface area contributed by atoms with Crippen LogP contribution in [0.25, 0.3) is 0 Å². The van der Waals surface area contributed by atoms with Crippen LogP contribution in [-0.2, 0) is 16.0 Å². The van der Waals surface area contributed by atoms with Crippen molar-refractivity contribution in [3.05, 3.63) is 59.8 Å². The Morgan fingerprint density at radius 3 is 2.57 bits per heavy atom. The van der Waals surface area contributed by atoms with Crippen molar-refractivity contribution in [2.45, 2.75) is 25.4 Å². The number of amides is 3. The Kier molecular flexibility index (Phi) is 5.30. The Labute approximate surface area is 162 Å². The van der Waals surface area contributed by atoms with E-state index >= 15 is 0 Å². The number of benzene rings is 1. The first-order valence-electron chi connectivity index (χ1n) is 8.89. The molecule has 2 heterocycles. The topological polar surface area (TPSA) is 117 Å². The number of likely N-dealkylation sites (tertiary alicyclic amines) is 1. The van der Waals surface area contributed by atoms with Crippen LogP contribution in [0.2, 0.25) is 0 Å². The smallest absolute Gasteiger partial charge is 0.327 e. The van der Waals surface area contributed by atoms with E-state index in [-0.39, 0.29) is 12.5 Å². The number of pyridine rings is 1. The Bertz CT molecular complexity index is 902. The van der Waals surface area contributed by atoms with Crippen LogP contribution in [0.3, 0.4) is 0 Å². The molecule has 2 aromatic rings. The summed E-state index contributed by atoms with van der Waals surface area (Å²) < 4.78 is 0. The highest BCUT2D eigenvalue weighted by atomic mass is 16.4. The fraction of sp³-hybridized carbons (Fsp3) is 0.300. The number of urea groups is 1. The molecule has 1 aliphatic rings. The second-order valence-corrected chi connectivity index (χ2v) is 6.87. The van der Waals surface area contributed by atoms with Crippen molar-refractivity contribution in [1.82, 2.24) is 14.8 Å². The number of nitrogens with two attached hydrogens (primary N) is 1. The minimum Gasteiger partial charge on any atom is -0.480 e. The van der Waals surface area contributed by atoms with Crippen molar-refractivity contribution in [2.24, 2.45) is 5.92 Å². The third-order valence-corrected chi connectivity index (χ3v) is 5.14. The number of carboxylic acids is 1. The number of carboxylic acid groups (broad SMARTS) is 1. The number of nitrogens with zero attached hydrogens (tertiary/aromatic N) is 3. The molecule has 3 amide bonds. The van der Waals surface area contributed by atoms with Crippen molar-refractivity contribution in [1.29, 1.82) is 0 Å². The quantitative estimate of drug-likeness (QED) is 0.763. The van der Waals surface area contributed by atoms with Crippen LogP contribution in [0.15, 0.2) is 48.7 Å². The molecule has 8 nitrogen and oxygen atoms in total. The van der Waals surface area contributed by atoms with Crippen molar-refractivity contribution in [3.8, 4) is 0 Å². The molecule has 0 radical (unpaired) electrons. The number of hydrogen-bond acceptors (Lipinski definition) is 5. The largest absolute Gasteiger partial charge is 0.480 e. The number of β-lactam (4-membered cyclic amide) rings is 1. The summed E-state index contributed by atoms with van der Waals surface area (Å²) >= 11 is 0. The predicted octanol–water partition coefficient (Wildman–Crippen LogP) is 1.93. The van der Waals surface area contributed by atoms with E-state index in [4.69, 9.17) is 5.73 Å². The predicted molar refractivity (Wildman–Crippen MR) is 102 cm³/mol. The average Bonchev–Trinajstić information content (AvgIpc) is 2.68. The Hall–Kier alpha value is -3.42. The number of carbonyl (C=O) groups excluding carboxylic acids is 2. The zero-order valence-electron chi connectivity index (χ0n) is 15.6. The maximum Gasteiger partial charge on any atom is 0.327 e. The standard InChI is InChI=1S/C20H22N4O4/c1-12(14-6-4-3-5-7-14)23(2)20(28)24-17(19(26)27)15(18(24)25)10-13-8-9-22-16(21)11-13/h3-9,11-12,15,17H,10H2,1-2H3,(H2,21,22)(H,26,27). The van der Waals surface area contributed by atoms with E-state index in [2.05, 4.69) is 4.98 Å². The maximum atomic E-state index is 12.9. The number of aromatic nitrogens is 1. The maximum absolute atomic E-state index is 12.9. The summed E-state index contributed by atoms with van der Waals surface area (Å²) in [6, 6.07) is 10.5. The van der Waals surface area contributed by atoms with Crippen LogP contribution >= 0.6 is 0 Å². The summed E-state index contributed by atoms with van der Waals surface area (Å²) in [4.78, 5) is 43.4. The molecule has 1 fully saturated rings. The molecule has 0 saturated carbocycles. The zero-order valence-corrected chi connectivity index (χ0v) is 15.6. The number of aliphatic carboxylic acids is 1. The van der Waals surface area contributed by atoms with Gasteiger partial charge in [0.2, 0.25) is 5.91 Å². The summed E-state index contributed by atoms with van der Waals surface area (Å²) in [7, 11) is 1.56. The molecule has 8 heteroatoms. The SMILES string of the molecule is CC(c1ccccc1)N(C)C(=O)N1C(=O)C(Cc2ccnc(N)c2)C1C(=O)O. The normalized spacial score (nSPS) is 19.6. The number of nitrogen functional groups attached to an aromatic ring is 1. The van der Waals surface area contributed by atoms with Gasteiger partial charge in [-0.1, -0.05) is 30.3 Å². The van der Waals surface area contributed by atoms with Crippen LogP contribution in [0.1, 0.15) is 24.1 Å². The van der Waals surface area contributed by atoms with Crippen molar-refractivity contribution in [3.63, 3.8) is 0 Å². The van der Waals surface area contributed by atoms with Gasteiger partial charge < -0.3 is 15.7 Å². The van der Waals surface area contributed by atoms with E-state index in [9.17, 15) is 19.5 Å². The second-order valence-electron chi connectivity index (χ2n) is 6.87. The lowest BCUT2D eigenvalue weighted by molar-refractivity contribution is -0.166. The average molecular weight is 382 g/mol. The first-order chi connectivity index (χ1) is 13.3. The molecule has 3 rings (SSSR count). The van der Waals surface area contributed by atoms with Crippen molar-refractivity contribution < 1.29 is 19.5 Å². The van der Waals surface area contributed by atoms with Crippen LogP contribution < -0.4 is 5.73 Å². The van der Waals surface area contributed by atoms with Gasteiger partial charge in [-0.05, 0) is 36.6 Å². The molecular weight excluding hydrogens is 360 g/mol. The summed E-state index contributed by atoms with van der Waals surface area (Å²) in [6.45, 7) is 1.82. The van der Waals surface area contributed by atoms with Gasteiger partial charge in [0.1, 0.15) is 5.82 Å². The lowest BCUT2D eigenvalue weighted by atomic mass is 9.82. The number of carbonyl (C=O) groups is 3. The monoisotopic (exact) mass is 382 g/mol. The van der Waals surface area contributed by atoms with Crippen LogP contribution in [0.4, 0.5) is 10.6 Å². The van der Waals surface area contributed by atoms with Crippen molar-refractivity contribution in [2.75, 3.05) is 12.8 Å². The fourth-order valence-corrected chi connectivity index (χ4v) is 3.41. The molecule has 1 aromatic heterocycles. The first kappa shape index (κ1) is 19.3. The number of imide groups is 1. The van der Waals surface area contributed by atoms with Gasteiger partial charge in [0.25, 0.3) is 0 Å². The highest BCUT2D eigenvalue weighted by Crippen LogP contribution is 2.33. The highest BCUT2D eigenvalue weighted by Gasteiger charge is 2.55. The highest BCUT2D eigenvalue weighted by molar-refractivity contribution is 6.07. The second kappa shape index (κ2) is 7.67. The molecule has 1 saturated heterocycles. The lowest BCUT2D eigenvalue weighted by Gasteiger charge is -2.45. The summed E-state index contributed by atoms with van der Waals surface area (Å²) in [6.07, 6.45) is 1.69. The third-order valence-electron chi connectivity index (χ3n) is 5.14. The Morgan fingerprint density at radius 1 is 1.29 bits per heavy atom. The molecule has 146 valence electrons. The van der Waals surface area contributed by atoms with Gasteiger partial charge in [0, 0.05) is 13.2 Å². The fourth-order valence-electron chi connectivity index (χ4n) is 3.41. The molecule has 0 bridgehead atoms. The van der Waals surface area contributed by atoms with Crippen LogP contribution in [0.5, 0.6) is 0 Å².